The Morgan fingerprint density at radius 3 is 2.45 bits per heavy atom. The summed E-state index contributed by atoms with van der Waals surface area (Å²) in [7, 11) is -6.10. The van der Waals surface area contributed by atoms with Crippen molar-refractivity contribution in [3.8, 4) is 5.75 Å². The maximum Gasteiger partial charge on any atom is 0.341 e. The molecule has 1 heterocycles. The van der Waals surface area contributed by atoms with E-state index in [4.69, 9.17) is 9.47 Å². The van der Waals surface area contributed by atoms with E-state index in [9.17, 15) is 22.3 Å². The van der Waals surface area contributed by atoms with Crippen LogP contribution in [-0.2, 0) is 14.6 Å². The summed E-state index contributed by atoms with van der Waals surface area (Å²) in [5, 5.41) is -1.25. The van der Waals surface area contributed by atoms with E-state index in [1.807, 2.05) is 0 Å². The Bertz CT molecular complexity index is 1030. The largest absolute Gasteiger partial charge is 0.492 e. The first-order chi connectivity index (χ1) is 14.7. The molecular formula is C22H28O7S2. The highest BCUT2D eigenvalue weighted by molar-refractivity contribution is 8.25. The molecule has 2 aromatic rings. The second-order valence-corrected chi connectivity index (χ2v) is 11.7. The Balaban J connectivity index is 2.12. The van der Waals surface area contributed by atoms with Gasteiger partial charge in [-0.15, -0.1) is 0 Å². The van der Waals surface area contributed by atoms with Crippen LogP contribution in [0.5, 0.6) is 5.75 Å². The van der Waals surface area contributed by atoms with Gasteiger partial charge in [-0.25, -0.2) is 13.2 Å². The molecule has 3 rings (SSSR count). The van der Waals surface area contributed by atoms with Crippen LogP contribution in [0.1, 0.15) is 53.8 Å². The van der Waals surface area contributed by atoms with Crippen molar-refractivity contribution in [2.24, 2.45) is 0 Å². The zero-order chi connectivity index (χ0) is 22.6. The molecule has 0 bridgehead atoms. The molecule has 0 aliphatic carbocycles. The first-order valence-corrected chi connectivity index (χ1v) is 13.4. The highest BCUT2D eigenvalue weighted by Gasteiger charge is 2.46. The lowest BCUT2D eigenvalue weighted by molar-refractivity contribution is 0.0595. The molecule has 1 aliphatic rings. The number of esters is 1. The van der Waals surface area contributed by atoms with Crippen LogP contribution in [0.4, 0.5) is 0 Å². The molecule has 0 amide bonds. The fraction of sp³-hybridized carbons (Fsp3) is 0.409. The zero-order valence-electron chi connectivity index (χ0n) is 17.6. The van der Waals surface area contributed by atoms with Crippen LogP contribution in [-0.4, -0.2) is 43.0 Å². The third-order valence-electron chi connectivity index (χ3n) is 5.31. The van der Waals surface area contributed by atoms with Gasteiger partial charge in [0.15, 0.2) is 9.84 Å². The monoisotopic (exact) mass is 468 g/mol. The first kappa shape index (κ1) is 23.6. The van der Waals surface area contributed by atoms with Gasteiger partial charge in [-0.2, -0.15) is 10.6 Å². The van der Waals surface area contributed by atoms with Gasteiger partial charge in [0.1, 0.15) is 16.6 Å². The van der Waals surface area contributed by atoms with E-state index in [2.05, 4.69) is 6.92 Å². The number of rotatable bonds is 9. The number of ether oxygens (including phenoxy) is 2. The number of benzene rings is 2. The molecule has 2 N–H and O–H groups in total. The average molecular weight is 469 g/mol. The number of fused-ring (bicyclic) bond motifs is 1. The van der Waals surface area contributed by atoms with Crippen molar-refractivity contribution in [1.29, 1.82) is 0 Å². The van der Waals surface area contributed by atoms with Gasteiger partial charge in [0.2, 0.25) is 0 Å². The molecule has 0 aromatic heterocycles. The predicted molar refractivity (Wildman–Crippen MR) is 120 cm³/mol. The van der Waals surface area contributed by atoms with E-state index < -0.39 is 31.6 Å². The topological polar surface area (TPSA) is 110 Å². The Hall–Kier alpha value is -2.07. The standard InChI is InChI=1S/C22H28O7S2/c1-3-4-5-9-14-29-21-17(22(23)28-2)12-13-18-20(21)19(15-30(18,24)25)31(26,27)16-10-7-6-8-11-16/h6-8,10-13,19,24-25H,3-5,9,14-15H2,1-2H3. The van der Waals surface area contributed by atoms with Gasteiger partial charge in [0.25, 0.3) is 0 Å². The third-order valence-corrected chi connectivity index (χ3v) is 9.46. The zero-order valence-corrected chi connectivity index (χ0v) is 19.2. The van der Waals surface area contributed by atoms with Gasteiger partial charge in [-0.05, 0) is 30.7 Å². The molecule has 0 spiro atoms. The summed E-state index contributed by atoms with van der Waals surface area (Å²) >= 11 is 0. The van der Waals surface area contributed by atoms with Crippen molar-refractivity contribution < 1.29 is 31.8 Å². The number of unbranched alkanes of at least 4 members (excludes halogenated alkanes) is 3. The van der Waals surface area contributed by atoms with Gasteiger partial charge in [-0.3, -0.25) is 9.11 Å². The molecule has 1 unspecified atom stereocenters. The SMILES string of the molecule is CCCCCCOc1c(C(=O)OC)ccc2c1C(S(=O)(=O)c1ccccc1)CS2(O)O. The van der Waals surface area contributed by atoms with Crippen molar-refractivity contribution in [3.63, 3.8) is 0 Å². The van der Waals surface area contributed by atoms with E-state index in [-0.39, 0.29) is 39.0 Å². The number of carbonyl (C=O) groups is 1. The summed E-state index contributed by atoms with van der Waals surface area (Å²) in [6.45, 7) is 2.36. The summed E-state index contributed by atoms with van der Waals surface area (Å²) in [6.07, 6.45) is 3.74. The number of carbonyl (C=O) groups excluding carboxylic acids is 1. The van der Waals surface area contributed by atoms with Crippen LogP contribution < -0.4 is 4.74 Å². The van der Waals surface area contributed by atoms with Gasteiger partial charge in [0.05, 0.1) is 29.3 Å². The molecule has 31 heavy (non-hydrogen) atoms. The van der Waals surface area contributed by atoms with Crippen LogP contribution >= 0.6 is 10.6 Å². The van der Waals surface area contributed by atoms with E-state index in [1.165, 1.54) is 31.4 Å². The summed E-state index contributed by atoms with van der Waals surface area (Å²) in [4.78, 5) is 12.6. The lowest BCUT2D eigenvalue weighted by Crippen LogP contribution is -2.17. The highest BCUT2D eigenvalue weighted by atomic mass is 32.3. The minimum absolute atomic E-state index is 0.0582. The van der Waals surface area contributed by atoms with Gasteiger partial charge < -0.3 is 9.47 Å². The Labute approximate surface area is 184 Å². The molecule has 170 valence electrons. The third kappa shape index (κ3) is 4.74. The van der Waals surface area contributed by atoms with Crippen LogP contribution in [0.25, 0.3) is 0 Å². The molecule has 0 radical (unpaired) electrons. The molecule has 9 heteroatoms. The smallest absolute Gasteiger partial charge is 0.341 e. The Morgan fingerprint density at radius 2 is 1.81 bits per heavy atom. The minimum Gasteiger partial charge on any atom is -0.492 e. The summed E-state index contributed by atoms with van der Waals surface area (Å²) in [5.41, 5.74) is 0.212. The quantitative estimate of drug-likeness (QED) is 0.390. The second-order valence-electron chi connectivity index (χ2n) is 7.43. The van der Waals surface area contributed by atoms with E-state index in [1.54, 1.807) is 18.2 Å². The molecule has 0 saturated carbocycles. The van der Waals surface area contributed by atoms with E-state index in [0.29, 0.717) is 0 Å². The fourth-order valence-electron chi connectivity index (χ4n) is 3.70. The number of methoxy groups -OCH3 is 1. The Kier molecular flexibility index (Phi) is 7.31. The predicted octanol–water partition coefficient (Wildman–Crippen LogP) is 5.07. The number of sulfone groups is 1. The first-order valence-electron chi connectivity index (χ1n) is 10.2. The number of hydrogen-bond donors (Lipinski definition) is 2. The summed E-state index contributed by atoms with van der Waals surface area (Å²) in [6, 6.07) is 10.6. The van der Waals surface area contributed by atoms with Crippen molar-refractivity contribution >= 4 is 26.4 Å². The fourth-order valence-corrected chi connectivity index (χ4v) is 8.12. The van der Waals surface area contributed by atoms with E-state index in [0.717, 1.165) is 25.7 Å². The summed E-state index contributed by atoms with van der Waals surface area (Å²) in [5.74, 6) is -0.996. The van der Waals surface area contributed by atoms with Crippen molar-refractivity contribution in [3.05, 3.63) is 53.6 Å². The van der Waals surface area contributed by atoms with Crippen LogP contribution in [0.2, 0.25) is 0 Å². The van der Waals surface area contributed by atoms with Gasteiger partial charge in [-0.1, -0.05) is 44.4 Å². The van der Waals surface area contributed by atoms with Crippen molar-refractivity contribution in [2.45, 2.75) is 47.6 Å². The van der Waals surface area contributed by atoms with Gasteiger partial charge in [0, 0.05) is 5.56 Å². The second kappa shape index (κ2) is 9.60. The van der Waals surface area contributed by atoms with Gasteiger partial charge >= 0.3 is 5.97 Å². The normalized spacial score (nSPS) is 18.3. The molecule has 7 nitrogen and oxygen atoms in total. The Morgan fingerprint density at radius 1 is 1.10 bits per heavy atom. The summed E-state index contributed by atoms with van der Waals surface area (Å²) < 4.78 is 59.0. The average Bonchev–Trinajstić information content (AvgIpc) is 3.05. The molecule has 0 fully saturated rings. The molecule has 1 atom stereocenters. The maximum absolute atomic E-state index is 13.4. The number of hydrogen-bond acceptors (Lipinski definition) is 7. The van der Waals surface area contributed by atoms with Crippen LogP contribution in [0.3, 0.4) is 0 Å². The molecule has 1 aliphatic heterocycles. The molecular weight excluding hydrogens is 440 g/mol. The molecule has 2 aromatic carbocycles. The van der Waals surface area contributed by atoms with E-state index >= 15 is 0 Å². The minimum atomic E-state index is -3.97. The lowest BCUT2D eigenvalue weighted by atomic mass is 10.1. The van der Waals surface area contributed by atoms with Crippen molar-refractivity contribution in [2.75, 3.05) is 19.5 Å². The van der Waals surface area contributed by atoms with Crippen molar-refractivity contribution in [1.82, 2.24) is 0 Å². The van der Waals surface area contributed by atoms with Crippen LogP contribution in [0, 0.1) is 0 Å². The van der Waals surface area contributed by atoms with Crippen LogP contribution in [0.15, 0.2) is 52.3 Å². The maximum atomic E-state index is 13.4. The highest BCUT2D eigenvalue weighted by Crippen LogP contribution is 2.63. The molecule has 0 saturated heterocycles. The lowest BCUT2D eigenvalue weighted by Gasteiger charge is -2.27.